The molecule has 1 N–H and O–H groups in total. The summed E-state index contributed by atoms with van der Waals surface area (Å²) in [6.07, 6.45) is 0. The van der Waals surface area contributed by atoms with Gasteiger partial charge >= 0.3 is 0 Å². The van der Waals surface area contributed by atoms with E-state index in [-0.39, 0.29) is 11.8 Å². The fourth-order valence-corrected chi connectivity index (χ4v) is 3.54. The maximum absolute atomic E-state index is 12.1. The lowest BCUT2D eigenvalue weighted by atomic mass is 10.1. The summed E-state index contributed by atoms with van der Waals surface area (Å²) in [4.78, 5) is 0. The molecule has 0 saturated carbocycles. The molecule has 0 heterocycles. The maximum Gasteiger partial charge on any atom is 0.216 e. The predicted octanol–water partition coefficient (Wildman–Crippen LogP) is 3.52. The highest BCUT2D eigenvalue weighted by Gasteiger charge is 2.16. The SMILES string of the molecule is CC(NS(=O)(=O)Cc1ccccc1)c1cccc(Cl)c1. The Morgan fingerprint density at radius 1 is 1.10 bits per heavy atom. The van der Waals surface area contributed by atoms with Gasteiger partial charge in [-0.15, -0.1) is 0 Å². The molecule has 0 bridgehead atoms. The van der Waals surface area contributed by atoms with Gasteiger partial charge in [0.1, 0.15) is 0 Å². The van der Waals surface area contributed by atoms with Crippen molar-refractivity contribution in [1.29, 1.82) is 0 Å². The van der Waals surface area contributed by atoms with E-state index in [1.54, 1.807) is 37.3 Å². The van der Waals surface area contributed by atoms with Crippen molar-refractivity contribution in [2.24, 2.45) is 0 Å². The molecule has 0 fully saturated rings. The topological polar surface area (TPSA) is 46.2 Å². The van der Waals surface area contributed by atoms with Gasteiger partial charge in [0, 0.05) is 11.1 Å². The Bertz CT molecular complexity index is 671. The first-order valence-corrected chi connectivity index (χ1v) is 8.29. The van der Waals surface area contributed by atoms with Gasteiger partial charge in [-0.3, -0.25) is 0 Å². The van der Waals surface area contributed by atoms with Gasteiger partial charge in [-0.25, -0.2) is 13.1 Å². The average molecular weight is 310 g/mol. The van der Waals surface area contributed by atoms with Gasteiger partial charge in [-0.05, 0) is 30.2 Å². The number of hydrogen-bond donors (Lipinski definition) is 1. The highest BCUT2D eigenvalue weighted by Crippen LogP contribution is 2.18. The maximum atomic E-state index is 12.1. The molecule has 20 heavy (non-hydrogen) atoms. The number of nitrogens with one attached hydrogen (secondary N) is 1. The van der Waals surface area contributed by atoms with Crippen LogP contribution in [-0.4, -0.2) is 8.42 Å². The Labute approximate surface area is 124 Å². The van der Waals surface area contributed by atoms with Crippen LogP contribution in [0.1, 0.15) is 24.1 Å². The fraction of sp³-hybridized carbons (Fsp3) is 0.200. The smallest absolute Gasteiger partial charge is 0.212 e. The summed E-state index contributed by atoms with van der Waals surface area (Å²) in [5.74, 6) is -0.0290. The molecule has 5 heteroatoms. The van der Waals surface area contributed by atoms with Gasteiger partial charge in [0.05, 0.1) is 5.75 Å². The minimum Gasteiger partial charge on any atom is -0.212 e. The highest BCUT2D eigenvalue weighted by molar-refractivity contribution is 7.88. The number of rotatable bonds is 5. The molecule has 0 aromatic heterocycles. The summed E-state index contributed by atoms with van der Waals surface area (Å²) in [7, 11) is -3.39. The highest BCUT2D eigenvalue weighted by atomic mass is 35.5. The molecule has 2 rings (SSSR count). The third-order valence-electron chi connectivity index (χ3n) is 2.90. The minimum atomic E-state index is -3.39. The van der Waals surface area contributed by atoms with E-state index in [4.69, 9.17) is 11.6 Å². The van der Waals surface area contributed by atoms with Crippen molar-refractivity contribution in [1.82, 2.24) is 4.72 Å². The third kappa shape index (κ3) is 4.34. The van der Waals surface area contributed by atoms with E-state index in [1.807, 2.05) is 24.3 Å². The van der Waals surface area contributed by atoms with E-state index < -0.39 is 10.0 Å². The number of benzene rings is 2. The molecule has 1 unspecified atom stereocenters. The van der Waals surface area contributed by atoms with Crippen LogP contribution in [0, 0.1) is 0 Å². The van der Waals surface area contributed by atoms with Gasteiger partial charge in [0.15, 0.2) is 0 Å². The molecule has 0 aliphatic rings. The van der Waals surface area contributed by atoms with E-state index >= 15 is 0 Å². The minimum absolute atomic E-state index is 0.0290. The molecule has 0 radical (unpaired) electrons. The lowest BCUT2D eigenvalue weighted by molar-refractivity contribution is 0.566. The molecular weight excluding hydrogens is 294 g/mol. The standard InChI is InChI=1S/C15H16ClNO2S/c1-12(14-8-5-9-15(16)10-14)17-20(18,19)11-13-6-3-2-4-7-13/h2-10,12,17H,11H2,1H3. The zero-order valence-electron chi connectivity index (χ0n) is 11.1. The van der Waals surface area contributed by atoms with Crippen LogP contribution >= 0.6 is 11.6 Å². The summed E-state index contributed by atoms with van der Waals surface area (Å²) in [5, 5.41) is 0.594. The number of halogens is 1. The summed E-state index contributed by atoms with van der Waals surface area (Å²) in [6, 6.07) is 16.0. The van der Waals surface area contributed by atoms with Gasteiger partial charge in [-0.1, -0.05) is 54.1 Å². The Balaban J connectivity index is 2.08. The molecule has 0 aliphatic carbocycles. The summed E-state index contributed by atoms with van der Waals surface area (Å²) in [6.45, 7) is 1.80. The van der Waals surface area contributed by atoms with Crippen LogP contribution in [0.5, 0.6) is 0 Å². The molecule has 0 spiro atoms. The lowest BCUT2D eigenvalue weighted by Gasteiger charge is -2.15. The number of sulfonamides is 1. The van der Waals surface area contributed by atoms with E-state index in [0.717, 1.165) is 11.1 Å². The van der Waals surface area contributed by atoms with Crippen LogP contribution in [0.3, 0.4) is 0 Å². The van der Waals surface area contributed by atoms with Crippen LogP contribution in [0.15, 0.2) is 54.6 Å². The zero-order chi connectivity index (χ0) is 14.6. The second-order valence-electron chi connectivity index (χ2n) is 4.64. The van der Waals surface area contributed by atoms with Crippen LogP contribution in [0.25, 0.3) is 0 Å². The van der Waals surface area contributed by atoms with E-state index in [2.05, 4.69) is 4.72 Å². The Hall–Kier alpha value is -1.36. The van der Waals surface area contributed by atoms with E-state index in [9.17, 15) is 8.42 Å². The van der Waals surface area contributed by atoms with E-state index in [1.165, 1.54) is 0 Å². The summed E-state index contributed by atoms with van der Waals surface area (Å²) < 4.78 is 26.9. The fourth-order valence-electron chi connectivity index (χ4n) is 1.95. The molecule has 3 nitrogen and oxygen atoms in total. The van der Waals surface area contributed by atoms with Crippen molar-refractivity contribution in [3.63, 3.8) is 0 Å². The molecule has 2 aromatic rings. The second-order valence-corrected chi connectivity index (χ2v) is 6.83. The molecule has 2 aromatic carbocycles. The van der Waals surface area contributed by atoms with Crippen LogP contribution in [0.2, 0.25) is 5.02 Å². The van der Waals surface area contributed by atoms with Crippen molar-refractivity contribution in [2.45, 2.75) is 18.7 Å². The van der Waals surface area contributed by atoms with Crippen LogP contribution in [0.4, 0.5) is 0 Å². The zero-order valence-corrected chi connectivity index (χ0v) is 12.7. The molecule has 0 saturated heterocycles. The van der Waals surface area contributed by atoms with Crippen molar-refractivity contribution in [3.8, 4) is 0 Å². The van der Waals surface area contributed by atoms with Gasteiger partial charge in [-0.2, -0.15) is 0 Å². The summed E-state index contributed by atoms with van der Waals surface area (Å²) in [5.41, 5.74) is 1.60. The Morgan fingerprint density at radius 3 is 2.45 bits per heavy atom. The van der Waals surface area contributed by atoms with E-state index in [0.29, 0.717) is 5.02 Å². The monoisotopic (exact) mass is 309 g/mol. The van der Waals surface area contributed by atoms with Crippen LogP contribution < -0.4 is 4.72 Å². The van der Waals surface area contributed by atoms with Gasteiger partial charge in [0.25, 0.3) is 0 Å². The average Bonchev–Trinajstić information content (AvgIpc) is 2.38. The lowest BCUT2D eigenvalue weighted by Crippen LogP contribution is -2.28. The first kappa shape index (κ1) is 15.0. The first-order chi connectivity index (χ1) is 9.46. The molecule has 0 amide bonds. The molecule has 0 aliphatic heterocycles. The van der Waals surface area contributed by atoms with Crippen molar-refractivity contribution in [3.05, 3.63) is 70.7 Å². The Kier molecular flexibility index (Phi) is 4.81. The van der Waals surface area contributed by atoms with Crippen LogP contribution in [-0.2, 0) is 15.8 Å². The van der Waals surface area contributed by atoms with Crippen molar-refractivity contribution >= 4 is 21.6 Å². The molecular formula is C15H16ClNO2S. The van der Waals surface area contributed by atoms with Gasteiger partial charge in [0.2, 0.25) is 10.0 Å². The quantitative estimate of drug-likeness (QED) is 0.918. The molecule has 1 atom stereocenters. The number of hydrogen-bond acceptors (Lipinski definition) is 2. The van der Waals surface area contributed by atoms with Crippen molar-refractivity contribution < 1.29 is 8.42 Å². The largest absolute Gasteiger partial charge is 0.216 e. The first-order valence-electron chi connectivity index (χ1n) is 6.26. The van der Waals surface area contributed by atoms with Crippen molar-refractivity contribution in [2.75, 3.05) is 0 Å². The third-order valence-corrected chi connectivity index (χ3v) is 4.57. The van der Waals surface area contributed by atoms with Gasteiger partial charge < -0.3 is 0 Å². The normalized spacial score (nSPS) is 13.1. The predicted molar refractivity (Wildman–Crippen MR) is 82.1 cm³/mol. The second kappa shape index (κ2) is 6.39. The molecule has 106 valence electrons. The summed E-state index contributed by atoms with van der Waals surface area (Å²) >= 11 is 5.91. The Morgan fingerprint density at radius 2 is 1.80 bits per heavy atom.